The molecule has 0 bridgehead atoms. The molecule has 2 atom stereocenters. The van der Waals surface area contributed by atoms with Crippen LogP contribution < -0.4 is 10.2 Å². The molecule has 6 heteroatoms. The van der Waals surface area contributed by atoms with Gasteiger partial charge in [0, 0.05) is 32.4 Å². The van der Waals surface area contributed by atoms with E-state index in [2.05, 4.69) is 41.4 Å². The molecule has 164 valence electrons. The average Bonchev–Trinajstić information content (AvgIpc) is 2.80. The van der Waals surface area contributed by atoms with E-state index in [9.17, 15) is 9.59 Å². The Morgan fingerprint density at radius 1 is 1.06 bits per heavy atom. The third-order valence-electron chi connectivity index (χ3n) is 6.44. The number of nitrogens with one attached hydrogen (secondary N) is 1. The number of ether oxygens (including phenoxy) is 1. The summed E-state index contributed by atoms with van der Waals surface area (Å²) < 4.78 is 5.68. The van der Waals surface area contributed by atoms with Gasteiger partial charge in [0.2, 0.25) is 5.91 Å². The van der Waals surface area contributed by atoms with Gasteiger partial charge in [-0.25, -0.2) is 0 Å². The van der Waals surface area contributed by atoms with Crippen molar-refractivity contribution in [2.45, 2.75) is 38.5 Å². The zero-order valence-electron chi connectivity index (χ0n) is 18.3. The first-order valence-corrected chi connectivity index (χ1v) is 11.1. The predicted molar refractivity (Wildman–Crippen MR) is 121 cm³/mol. The number of benzene rings is 2. The van der Waals surface area contributed by atoms with Crippen LogP contribution in [0.5, 0.6) is 0 Å². The summed E-state index contributed by atoms with van der Waals surface area (Å²) in [6.45, 7) is 4.86. The summed E-state index contributed by atoms with van der Waals surface area (Å²) >= 11 is 0. The highest BCUT2D eigenvalue weighted by molar-refractivity contribution is 5.86. The Bertz CT molecular complexity index is 892. The maximum Gasteiger partial charge on any atom is 0.251 e. The summed E-state index contributed by atoms with van der Waals surface area (Å²) in [5.41, 5.74) is 3.17. The van der Waals surface area contributed by atoms with E-state index in [1.54, 1.807) is 11.9 Å². The minimum absolute atomic E-state index is 0.0823. The van der Waals surface area contributed by atoms with Gasteiger partial charge >= 0.3 is 0 Å². The van der Waals surface area contributed by atoms with Crippen molar-refractivity contribution in [3.8, 4) is 0 Å². The highest BCUT2D eigenvalue weighted by Gasteiger charge is 2.39. The van der Waals surface area contributed by atoms with E-state index in [4.69, 9.17) is 4.74 Å². The van der Waals surface area contributed by atoms with Crippen LogP contribution in [0.1, 0.15) is 36.9 Å². The van der Waals surface area contributed by atoms with Gasteiger partial charge in [0.25, 0.3) is 5.91 Å². The largest absolute Gasteiger partial charge is 0.372 e. The zero-order valence-corrected chi connectivity index (χ0v) is 18.3. The predicted octanol–water partition coefficient (Wildman–Crippen LogP) is 3.14. The van der Waals surface area contributed by atoms with Gasteiger partial charge in [-0.2, -0.15) is 0 Å². The number of rotatable bonds is 5. The molecule has 0 aliphatic carbocycles. The molecule has 2 amide bonds. The number of anilines is 1. The van der Waals surface area contributed by atoms with Crippen molar-refractivity contribution in [2.24, 2.45) is 5.92 Å². The summed E-state index contributed by atoms with van der Waals surface area (Å²) in [5, 5.41) is 2.99. The first kappa shape index (κ1) is 21.4. The third kappa shape index (κ3) is 4.90. The lowest BCUT2D eigenvalue weighted by molar-refractivity contribution is -0.162. The summed E-state index contributed by atoms with van der Waals surface area (Å²) in [4.78, 5) is 29.2. The molecule has 4 rings (SSSR count). The quantitative estimate of drug-likeness (QED) is 0.806. The molecule has 0 spiro atoms. The Balaban J connectivity index is 1.39. The maximum absolute atomic E-state index is 13.0. The van der Waals surface area contributed by atoms with Crippen LogP contribution in [-0.2, 0) is 20.9 Å². The number of amides is 2. The van der Waals surface area contributed by atoms with E-state index in [0.717, 1.165) is 30.1 Å². The number of hydrogen-bond acceptors (Lipinski definition) is 4. The smallest absolute Gasteiger partial charge is 0.251 e. The standard InChI is InChI=1S/C25H31N3O3/c1-18-12-14-28(15-13-18)21-10-8-19(9-11-21)16-26-25(30)24-23(20-6-4-3-5-7-20)27(2)22(29)17-31-24/h3-11,18,23-24H,12-17H2,1-2H3,(H,26,30)/t23-,24+/m0/s1. The second kappa shape index (κ2) is 9.52. The van der Waals surface area contributed by atoms with Gasteiger partial charge < -0.3 is 19.9 Å². The van der Waals surface area contributed by atoms with Gasteiger partial charge in [-0.15, -0.1) is 0 Å². The fourth-order valence-corrected chi connectivity index (χ4v) is 4.36. The van der Waals surface area contributed by atoms with E-state index in [1.165, 1.54) is 18.5 Å². The van der Waals surface area contributed by atoms with Crippen molar-refractivity contribution in [1.29, 1.82) is 0 Å². The molecule has 6 nitrogen and oxygen atoms in total. The Labute approximate surface area is 184 Å². The van der Waals surface area contributed by atoms with Crippen LogP contribution in [-0.4, -0.2) is 49.6 Å². The molecule has 0 aromatic heterocycles. The van der Waals surface area contributed by atoms with Crippen LogP contribution >= 0.6 is 0 Å². The SMILES string of the molecule is CC1CCN(c2ccc(CNC(=O)[C@@H]3OCC(=O)N(C)[C@H]3c3ccccc3)cc2)CC1. The molecule has 1 N–H and O–H groups in total. The Hall–Kier alpha value is -2.86. The van der Waals surface area contributed by atoms with Crippen molar-refractivity contribution in [1.82, 2.24) is 10.2 Å². The Morgan fingerprint density at radius 3 is 2.42 bits per heavy atom. The topological polar surface area (TPSA) is 61.9 Å². The molecule has 0 saturated carbocycles. The molecule has 2 aliphatic heterocycles. The van der Waals surface area contributed by atoms with Gasteiger partial charge in [-0.3, -0.25) is 9.59 Å². The van der Waals surface area contributed by atoms with Crippen LogP contribution in [0.4, 0.5) is 5.69 Å². The fourth-order valence-electron chi connectivity index (χ4n) is 4.36. The van der Waals surface area contributed by atoms with E-state index in [0.29, 0.717) is 6.54 Å². The van der Waals surface area contributed by atoms with Gasteiger partial charge in [0.15, 0.2) is 6.10 Å². The minimum atomic E-state index is -0.736. The number of hydrogen-bond donors (Lipinski definition) is 1. The molecular formula is C25H31N3O3. The number of likely N-dealkylation sites (N-methyl/N-ethyl adjacent to an activating group) is 1. The Morgan fingerprint density at radius 2 is 1.74 bits per heavy atom. The zero-order chi connectivity index (χ0) is 21.8. The molecule has 2 aromatic rings. The van der Waals surface area contributed by atoms with Crippen LogP contribution in [0.25, 0.3) is 0 Å². The maximum atomic E-state index is 13.0. The van der Waals surface area contributed by atoms with Crippen molar-refractivity contribution in [3.05, 3.63) is 65.7 Å². The highest BCUT2D eigenvalue weighted by atomic mass is 16.5. The highest BCUT2D eigenvalue weighted by Crippen LogP contribution is 2.29. The lowest BCUT2D eigenvalue weighted by atomic mass is 9.97. The Kier molecular flexibility index (Phi) is 6.56. The van der Waals surface area contributed by atoms with Gasteiger partial charge in [-0.05, 0) is 42.0 Å². The van der Waals surface area contributed by atoms with Crippen molar-refractivity contribution >= 4 is 17.5 Å². The van der Waals surface area contributed by atoms with Crippen LogP contribution in [0.2, 0.25) is 0 Å². The van der Waals surface area contributed by atoms with Crippen molar-refractivity contribution in [2.75, 3.05) is 31.6 Å². The number of carbonyl (C=O) groups excluding carboxylic acids is 2. The second-order valence-electron chi connectivity index (χ2n) is 8.65. The molecule has 0 unspecified atom stereocenters. The van der Waals surface area contributed by atoms with Crippen LogP contribution in [0, 0.1) is 5.92 Å². The number of piperidine rings is 1. The van der Waals surface area contributed by atoms with E-state index >= 15 is 0 Å². The number of carbonyl (C=O) groups is 2. The van der Waals surface area contributed by atoms with Crippen LogP contribution in [0.3, 0.4) is 0 Å². The molecule has 2 heterocycles. The van der Waals surface area contributed by atoms with Gasteiger partial charge in [0.1, 0.15) is 6.61 Å². The van der Waals surface area contributed by atoms with E-state index in [-0.39, 0.29) is 18.4 Å². The average molecular weight is 422 g/mol. The monoisotopic (exact) mass is 421 g/mol. The second-order valence-corrected chi connectivity index (χ2v) is 8.65. The summed E-state index contributed by atoms with van der Waals surface area (Å²) in [7, 11) is 1.73. The summed E-state index contributed by atoms with van der Waals surface area (Å²) in [6, 6.07) is 17.5. The van der Waals surface area contributed by atoms with Crippen molar-refractivity contribution in [3.63, 3.8) is 0 Å². The lowest BCUT2D eigenvalue weighted by Gasteiger charge is -2.38. The van der Waals surface area contributed by atoms with Gasteiger partial charge in [-0.1, -0.05) is 49.4 Å². The number of nitrogens with zero attached hydrogens (tertiary/aromatic N) is 2. The van der Waals surface area contributed by atoms with Gasteiger partial charge in [0.05, 0.1) is 6.04 Å². The van der Waals surface area contributed by atoms with E-state index < -0.39 is 12.1 Å². The third-order valence-corrected chi connectivity index (χ3v) is 6.44. The molecule has 2 fully saturated rings. The molecule has 2 saturated heterocycles. The normalized spacial score (nSPS) is 22.5. The molecule has 0 radical (unpaired) electrons. The molecule has 2 aliphatic rings. The lowest BCUT2D eigenvalue weighted by Crippen LogP contribution is -2.52. The molecule has 31 heavy (non-hydrogen) atoms. The molecule has 2 aromatic carbocycles. The first-order valence-electron chi connectivity index (χ1n) is 11.1. The first-order chi connectivity index (χ1) is 15.0. The molecular weight excluding hydrogens is 390 g/mol. The number of morpholine rings is 1. The fraction of sp³-hybridized carbons (Fsp3) is 0.440. The minimum Gasteiger partial charge on any atom is -0.372 e. The summed E-state index contributed by atoms with van der Waals surface area (Å²) in [6.07, 6.45) is 1.73. The van der Waals surface area contributed by atoms with Crippen LogP contribution in [0.15, 0.2) is 54.6 Å². The van der Waals surface area contributed by atoms with E-state index in [1.807, 2.05) is 30.3 Å². The summed E-state index contributed by atoms with van der Waals surface area (Å²) in [5.74, 6) is 0.477. The van der Waals surface area contributed by atoms with Crippen molar-refractivity contribution < 1.29 is 14.3 Å².